The molecular weight excluding hydrogens is 380 g/mol. The number of sulfonamides is 1. The second-order valence-corrected chi connectivity index (χ2v) is 8.59. The highest BCUT2D eigenvalue weighted by Crippen LogP contribution is 2.35. The molecule has 150 valence electrons. The maximum atomic E-state index is 12.5. The quantitative estimate of drug-likeness (QED) is 0.715. The van der Waals surface area contributed by atoms with E-state index in [1.54, 1.807) is 31.2 Å². The van der Waals surface area contributed by atoms with Crippen molar-refractivity contribution >= 4 is 21.6 Å². The maximum Gasteiger partial charge on any atom is 0.263 e. The van der Waals surface area contributed by atoms with Gasteiger partial charge in [0.2, 0.25) is 10.0 Å². The van der Waals surface area contributed by atoms with E-state index in [0.717, 1.165) is 11.3 Å². The number of rotatable bonds is 7. The number of ether oxygens (including phenoxy) is 2. The molecule has 0 bridgehead atoms. The molecule has 7 nitrogen and oxygen atoms in total. The van der Waals surface area contributed by atoms with Gasteiger partial charge >= 0.3 is 0 Å². The van der Waals surface area contributed by atoms with Crippen LogP contribution in [-0.2, 0) is 14.8 Å². The third-order valence-electron chi connectivity index (χ3n) is 4.48. The van der Waals surface area contributed by atoms with Crippen molar-refractivity contribution < 1.29 is 22.7 Å². The molecule has 0 aliphatic carbocycles. The number of para-hydroxylation sites is 3. The van der Waals surface area contributed by atoms with Gasteiger partial charge in [0, 0.05) is 0 Å². The molecular formula is C20H24N2O5S. The highest BCUT2D eigenvalue weighted by molar-refractivity contribution is 7.92. The van der Waals surface area contributed by atoms with E-state index in [2.05, 4.69) is 5.32 Å². The molecule has 1 aliphatic heterocycles. The number of nitrogens with zero attached hydrogens (tertiary/aromatic N) is 1. The summed E-state index contributed by atoms with van der Waals surface area (Å²) >= 11 is 0. The van der Waals surface area contributed by atoms with Crippen LogP contribution >= 0.6 is 0 Å². The van der Waals surface area contributed by atoms with E-state index >= 15 is 0 Å². The van der Waals surface area contributed by atoms with E-state index in [0.29, 0.717) is 18.0 Å². The van der Waals surface area contributed by atoms with Gasteiger partial charge < -0.3 is 14.8 Å². The topological polar surface area (TPSA) is 84.9 Å². The number of nitrogens with one attached hydrogen (secondary N) is 1. The lowest BCUT2D eigenvalue weighted by Crippen LogP contribution is -2.51. The second-order valence-electron chi connectivity index (χ2n) is 6.41. The van der Waals surface area contributed by atoms with Crippen LogP contribution in [-0.4, -0.2) is 45.9 Å². The maximum absolute atomic E-state index is 12.5. The zero-order valence-electron chi connectivity index (χ0n) is 15.9. The first kappa shape index (κ1) is 20.0. The Kier molecular flexibility index (Phi) is 6.08. The van der Waals surface area contributed by atoms with E-state index in [-0.39, 0.29) is 24.7 Å². The summed E-state index contributed by atoms with van der Waals surface area (Å²) in [5, 5.41) is 2.75. The Hall–Kier alpha value is -2.74. The average molecular weight is 404 g/mol. The third-order valence-corrected chi connectivity index (χ3v) is 6.23. The summed E-state index contributed by atoms with van der Waals surface area (Å²) in [5.41, 5.74) is 1.47. The van der Waals surface area contributed by atoms with Crippen LogP contribution < -0.4 is 19.1 Å². The molecule has 28 heavy (non-hydrogen) atoms. The number of benzene rings is 2. The van der Waals surface area contributed by atoms with Crippen LogP contribution in [0.25, 0.3) is 0 Å². The van der Waals surface area contributed by atoms with Crippen molar-refractivity contribution in [2.75, 3.05) is 29.8 Å². The monoisotopic (exact) mass is 404 g/mol. The van der Waals surface area contributed by atoms with Crippen LogP contribution in [0.2, 0.25) is 0 Å². The molecule has 1 atom stereocenters. The lowest BCUT2D eigenvalue weighted by atomic mass is 10.2. The van der Waals surface area contributed by atoms with Gasteiger partial charge in [0.25, 0.3) is 5.91 Å². The van der Waals surface area contributed by atoms with Gasteiger partial charge in [-0.2, -0.15) is 0 Å². The fourth-order valence-corrected chi connectivity index (χ4v) is 4.05. The summed E-state index contributed by atoms with van der Waals surface area (Å²) in [4.78, 5) is 12.5. The molecule has 2 aromatic rings. The minimum Gasteiger partial charge on any atom is -0.491 e. The lowest BCUT2D eigenvalue weighted by molar-refractivity contribution is -0.127. The number of aryl methyl sites for hydroxylation is 1. The second kappa shape index (κ2) is 8.52. The molecule has 1 N–H and O–H groups in total. The molecule has 0 aromatic heterocycles. The zero-order chi connectivity index (χ0) is 20.1. The van der Waals surface area contributed by atoms with E-state index in [1.807, 2.05) is 31.2 Å². The first-order valence-electron chi connectivity index (χ1n) is 9.14. The molecule has 1 heterocycles. The Balaban J connectivity index is 1.62. The van der Waals surface area contributed by atoms with Crippen molar-refractivity contribution in [2.24, 2.45) is 0 Å². The van der Waals surface area contributed by atoms with Gasteiger partial charge in [-0.3, -0.25) is 9.10 Å². The molecule has 0 radical (unpaired) electrons. The normalized spacial score (nSPS) is 16.1. The van der Waals surface area contributed by atoms with Crippen molar-refractivity contribution in [1.29, 1.82) is 0 Å². The Morgan fingerprint density at radius 1 is 1.21 bits per heavy atom. The Bertz CT molecular complexity index is 945. The largest absolute Gasteiger partial charge is 0.491 e. The molecule has 0 fully saturated rings. The van der Waals surface area contributed by atoms with Crippen LogP contribution in [0.5, 0.6) is 11.5 Å². The van der Waals surface area contributed by atoms with Crippen molar-refractivity contribution in [3.63, 3.8) is 0 Å². The number of hydrogen-bond acceptors (Lipinski definition) is 5. The minimum atomic E-state index is -3.52. The third kappa shape index (κ3) is 4.39. The Labute approximate surface area is 165 Å². The summed E-state index contributed by atoms with van der Waals surface area (Å²) in [6.45, 7) is 4.05. The van der Waals surface area contributed by atoms with E-state index in [9.17, 15) is 13.2 Å². The predicted molar refractivity (Wildman–Crippen MR) is 107 cm³/mol. The molecule has 0 saturated heterocycles. The minimum absolute atomic E-state index is 0.0556. The SMILES string of the molecule is CCS(=O)(=O)N1C[C@@H](C(=O)NCCOc2ccccc2C)Oc2ccccc21. The predicted octanol–water partition coefficient (Wildman–Crippen LogP) is 2.11. The Morgan fingerprint density at radius 2 is 1.93 bits per heavy atom. The number of carbonyl (C=O) groups is 1. The van der Waals surface area contributed by atoms with Gasteiger partial charge in [-0.15, -0.1) is 0 Å². The van der Waals surface area contributed by atoms with Crippen LogP contribution in [0, 0.1) is 6.92 Å². The standard InChI is InChI=1S/C20H24N2O5S/c1-3-28(24,25)22-14-19(27-18-11-7-5-9-16(18)22)20(23)21-12-13-26-17-10-6-4-8-15(17)2/h4-11,19H,3,12-14H2,1-2H3,(H,21,23)/t19-/m0/s1. The zero-order valence-corrected chi connectivity index (χ0v) is 16.7. The van der Waals surface area contributed by atoms with Crippen LogP contribution in [0.3, 0.4) is 0 Å². The number of fused-ring (bicyclic) bond motifs is 1. The molecule has 0 spiro atoms. The van der Waals surface area contributed by atoms with E-state index < -0.39 is 16.1 Å². The fourth-order valence-electron chi connectivity index (χ4n) is 2.93. The summed E-state index contributed by atoms with van der Waals surface area (Å²) in [6, 6.07) is 14.4. The highest BCUT2D eigenvalue weighted by atomic mass is 32.2. The van der Waals surface area contributed by atoms with Crippen molar-refractivity contribution in [1.82, 2.24) is 5.32 Å². The smallest absolute Gasteiger partial charge is 0.263 e. The molecule has 2 aromatic carbocycles. The van der Waals surface area contributed by atoms with Crippen molar-refractivity contribution in [2.45, 2.75) is 20.0 Å². The summed E-state index contributed by atoms with van der Waals surface area (Å²) < 4.78 is 37.6. The molecule has 1 aliphatic rings. The van der Waals surface area contributed by atoms with Gasteiger partial charge in [0.05, 0.1) is 24.5 Å². The molecule has 0 unspecified atom stereocenters. The number of amides is 1. The first-order chi connectivity index (χ1) is 13.4. The van der Waals surface area contributed by atoms with Gasteiger partial charge in [0.1, 0.15) is 18.1 Å². The van der Waals surface area contributed by atoms with Crippen LogP contribution in [0.15, 0.2) is 48.5 Å². The van der Waals surface area contributed by atoms with Gasteiger partial charge in [-0.05, 0) is 37.6 Å². The van der Waals surface area contributed by atoms with E-state index in [4.69, 9.17) is 9.47 Å². The molecule has 1 amide bonds. The van der Waals surface area contributed by atoms with Crippen molar-refractivity contribution in [3.05, 3.63) is 54.1 Å². The van der Waals surface area contributed by atoms with Crippen molar-refractivity contribution in [3.8, 4) is 11.5 Å². The van der Waals surface area contributed by atoms with Gasteiger partial charge in [-0.25, -0.2) is 8.42 Å². The van der Waals surface area contributed by atoms with Crippen LogP contribution in [0.4, 0.5) is 5.69 Å². The average Bonchev–Trinajstić information content (AvgIpc) is 2.71. The van der Waals surface area contributed by atoms with Crippen LogP contribution in [0.1, 0.15) is 12.5 Å². The summed E-state index contributed by atoms with van der Waals surface area (Å²) in [6.07, 6.45) is -0.922. The van der Waals surface area contributed by atoms with Gasteiger partial charge in [-0.1, -0.05) is 30.3 Å². The van der Waals surface area contributed by atoms with E-state index in [1.165, 1.54) is 4.31 Å². The summed E-state index contributed by atoms with van der Waals surface area (Å²) in [5.74, 6) is 0.709. The molecule has 8 heteroatoms. The number of carbonyl (C=O) groups excluding carboxylic acids is 1. The summed E-state index contributed by atoms with van der Waals surface area (Å²) in [7, 11) is -3.52. The van der Waals surface area contributed by atoms with Gasteiger partial charge in [0.15, 0.2) is 6.10 Å². The number of hydrogen-bond donors (Lipinski definition) is 1. The molecule has 3 rings (SSSR count). The number of anilines is 1. The molecule has 0 saturated carbocycles. The highest BCUT2D eigenvalue weighted by Gasteiger charge is 2.35. The lowest BCUT2D eigenvalue weighted by Gasteiger charge is -2.34. The fraction of sp³-hybridized carbons (Fsp3) is 0.350. The first-order valence-corrected chi connectivity index (χ1v) is 10.8. The Morgan fingerprint density at radius 3 is 2.68 bits per heavy atom.